The zero-order valence-electron chi connectivity index (χ0n) is 16.7. The highest BCUT2D eigenvalue weighted by Gasteiger charge is 2.50. The maximum Gasteiger partial charge on any atom is 0.524 e. The van der Waals surface area contributed by atoms with Crippen LogP contribution < -0.4 is 4.74 Å². The molecule has 0 amide bonds. The number of fused-ring (bicyclic) bond motifs is 1. The molecule has 0 heterocycles. The van der Waals surface area contributed by atoms with Crippen molar-refractivity contribution in [1.82, 2.24) is 0 Å². The minimum absolute atomic E-state index is 0.425. The molecule has 0 aliphatic heterocycles. The van der Waals surface area contributed by atoms with Crippen LogP contribution in [0.5, 0.6) is 5.75 Å². The maximum atomic E-state index is 12.8. The molecule has 1 aliphatic carbocycles. The smallest absolute Gasteiger partial charge is 0.493 e. The molecule has 0 atom stereocenters. The second-order valence-corrected chi connectivity index (χ2v) is 10.3. The SMILES string of the molecule is CCCCOc1ccc(C2(SOS(=O)(=O)C(F)(F)F)CCCCC2)c2ccccc12. The highest BCUT2D eigenvalue weighted by Crippen LogP contribution is 2.52. The second-order valence-electron chi connectivity index (χ2n) is 7.47. The normalized spacial score (nSPS) is 17.2. The number of hydrogen-bond acceptors (Lipinski definition) is 5. The fourth-order valence-electron chi connectivity index (χ4n) is 3.79. The van der Waals surface area contributed by atoms with E-state index in [2.05, 4.69) is 10.6 Å². The third-order valence-corrected chi connectivity index (χ3v) is 7.86. The monoisotopic (exact) mass is 462 g/mol. The molecule has 0 saturated heterocycles. The lowest BCUT2D eigenvalue weighted by Gasteiger charge is -2.36. The van der Waals surface area contributed by atoms with Crippen molar-refractivity contribution < 1.29 is 30.0 Å². The zero-order valence-corrected chi connectivity index (χ0v) is 18.3. The van der Waals surface area contributed by atoms with E-state index in [0.717, 1.165) is 48.4 Å². The van der Waals surface area contributed by atoms with E-state index in [1.165, 1.54) is 0 Å². The Balaban J connectivity index is 2.01. The molecule has 9 heteroatoms. The molecule has 0 aromatic heterocycles. The molecule has 0 radical (unpaired) electrons. The molecule has 1 aliphatic rings. The van der Waals surface area contributed by atoms with E-state index in [-0.39, 0.29) is 0 Å². The summed E-state index contributed by atoms with van der Waals surface area (Å²) in [5.74, 6) is 0.711. The van der Waals surface area contributed by atoms with Crippen LogP contribution in [0.1, 0.15) is 57.4 Å². The highest BCUT2D eigenvalue weighted by atomic mass is 32.3. The first-order valence-electron chi connectivity index (χ1n) is 10.0. The first-order valence-corrected chi connectivity index (χ1v) is 12.2. The van der Waals surface area contributed by atoms with Gasteiger partial charge in [0.1, 0.15) is 5.75 Å². The third kappa shape index (κ3) is 4.89. The van der Waals surface area contributed by atoms with E-state index in [4.69, 9.17) is 4.74 Å². The van der Waals surface area contributed by atoms with Gasteiger partial charge in [-0.05, 0) is 36.3 Å². The molecule has 1 saturated carbocycles. The van der Waals surface area contributed by atoms with Gasteiger partial charge in [-0.25, -0.2) is 0 Å². The van der Waals surface area contributed by atoms with Crippen LogP contribution in [0.4, 0.5) is 13.2 Å². The van der Waals surface area contributed by atoms with Crippen molar-refractivity contribution in [2.75, 3.05) is 6.61 Å². The molecular weight excluding hydrogens is 437 g/mol. The van der Waals surface area contributed by atoms with Gasteiger partial charge in [-0.1, -0.05) is 62.9 Å². The Bertz CT molecular complexity index is 968. The summed E-state index contributed by atoms with van der Waals surface area (Å²) in [7, 11) is -5.68. The van der Waals surface area contributed by atoms with Gasteiger partial charge in [-0.15, -0.1) is 0 Å². The number of benzene rings is 2. The van der Waals surface area contributed by atoms with Crippen molar-refractivity contribution in [3.05, 3.63) is 42.0 Å². The fraction of sp³-hybridized carbons (Fsp3) is 0.524. The Morgan fingerprint density at radius 2 is 1.70 bits per heavy atom. The lowest BCUT2D eigenvalue weighted by atomic mass is 9.81. The van der Waals surface area contributed by atoms with Crippen molar-refractivity contribution in [3.8, 4) is 5.75 Å². The highest BCUT2D eigenvalue weighted by molar-refractivity contribution is 8.05. The summed E-state index contributed by atoms with van der Waals surface area (Å²) in [6.07, 6.45) is 5.50. The zero-order chi connectivity index (χ0) is 21.8. The molecule has 166 valence electrons. The molecule has 0 spiro atoms. The number of hydrogen-bond donors (Lipinski definition) is 0. The number of rotatable bonds is 8. The van der Waals surface area contributed by atoms with Gasteiger partial charge >= 0.3 is 15.6 Å². The van der Waals surface area contributed by atoms with Crippen molar-refractivity contribution in [2.24, 2.45) is 0 Å². The van der Waals surface area contributed by atoms with Gasteiger partial charge in [-0.3, -0.25) is 0 Å². The molecule has 30 heavy (non-hydrogen) atoms. The number of halogens is 3. The summed E-state index contributed by atoms with van der Waals surface area (Å²) in [4.78, 5) is 0. The second kappa shape index (κ2) is 9.36. The van der Waals surface area contributed by atoms with Gasteiger partial charge in [-0.2, -0.15) is 25.2 Å². The maximum absolute atomic E-state index is 12.8. The number of alkyl halides is 3. The van der Waals surface area contributed by atoms with E-state index >= 15 is 0 Å². The largest absolute Gasteiger partial charge is 0.524 e. The molecule has 0 N–H and O–H groups in total. The standard InChI is InChI=1S/C21H25F3O4S2/c1-2-3-15-27-19-12-11-18(16-9-5-6-10-17(16)19)20(13-7-4-8-14-20)29-28-30(25,26)21(22,23)24/h5-6,9-12H,2-4,7-8,13-15H2,1H3. The fourth-order valence-corrected chi connectivity index (χ4v) is 5.70. The van der Waals surface area contributed by atoms with Crippen LogP contribution in [-0.2, 0) is 18.5 Å². The average Bonchev–Trinajstić information content (AvgIpc) is 2.72. The van der Waals surface area contributed by atoms with Gasteiger partial charge in [0.2, 0.25) is 0 Å². The lowest BCUT2D eigenvalue weighted by Crippen LogP contribution is -2.30. The van der Waals surface area contributed by atoms with Gasteiger partial charge in [0.25, 0.3) is 0 Å². The van der Waals surface area contributed by atoms with Crippen molar-refractivity contribution >= 4 is 32.9 Å². The summed E-state index contributed by atoms with van der Waals surface area (Å²) in [6.45, 7) is 2.65. The van der Waals surface area contributed by atoms with Crippen LogP contribution in [0.2, 0.25) is 0 Å². The Kier molecular flexibility index (Phi) is 7.24. The number of unbranched alkanes of at least 4 members (excludes halogenated alkanes) is 1. The lowest BCUT2D eigenvalue weighted by molar-refractivity contribution is -0.0494. The van der Waals surface area contributed by atoms with Crippen molar-refractivity contribution in [3.63, 3.8) is 0 Å². The quantitative estimate of drug-likeness (QED) is 0.248. The Labute approximate surface area is 179 Å². The summed E-state index contributed by atoms with van der Waals surface area (Å²) in [6, 6.07) is 11.2. The molecule has 0 bridgehead atoms. The van der Waals surface area contributed by atoms with E-state index < -0.39 is 20.4 Å². The topological polar surface area (TPSA) is 52.6 Å². The predicted molar refractivity (Wildman–Crippen MR) is 113 cm³/mol. The molecule has 1 fully saturated rings. The molecule has 0 unspecified atom stereocenters. The summed E-state index contributed by atoms with van der Waals surface area (Å²) < 4.78 is 71.1. The first-order chi connectivity index (χ1) is 14.2. The molecular formula is C21H25F3O4S2. The minimum atomic E-state index is -5.68. The minimum Gasteiger partial charge on any atom is -0.493 e. The Morgan fingerprint density at radius 3 is 2.33 bits per heavy atom. The molecule has 4 nitrogen and oxygen atoms in total. The van der Waals surface area contributed by atoms with Gasteiger partial charge in [0.05, 0.1) is 11.4 Å². The Morgan fingerprint density at radius 1 is 1.03 bits per heavy atom. The number of ether oxygens (including phenoxy) is 1. The van der Waals surface area contributed by atoms with Crippen molar-refractivity contribution in [1.29, 1.82) is 0 Å². The predicted octanol–water partition coefficient (Wildman–Crippen LogP) is 6.69. The van der Waals surface area contributed by atoms with Crippen LogP contribution in [0.3, 0.4) is 0 Å². The van der Waals surface area contributed by atoms with Gasteiger partial charge in [0.15, 0.2) is 0 Å². The molecule has 3 rings (SSSR count). The van der Waals surface area contributed by atoms with E-state index in [0.29, 0.717) is 37.2 Å². The molecule has 2 aromatic rings. The summed E-state index contributed by atoms with van der Waals surface area (Å²) in [5.41, 5.74) is -4.67. The summed E-state index contributed by atoms with van der Waals surface area (Å²) >= 11 is 0.425. The van der Waals surface area contributed by atoms with Crippen LogP contribution in [-0.4, -0.2) is 20.5 Å². The molecule has 2 aromatic carbocycles. The van der Waals surface area contributed by atoms with Gasteiger partial charge < -0.3 is 4.74 Å². The van der Waals surface area contributed by atoms with Crippen LogP contribution >= 0.6 is 12.0 Å². The van der Waals surface area contributed by atoms with E-state index in [1.54, 1.807) is 0 Å². The first kappa shape index (κ1) is 23.2. The van der Waals surface area contributed by atoms with E-state index in [1.807, 2.05) is 36.4 Å². The van der Waals surface area contributed by atoms with Crippen LogP contribution in [0, 0.1) is 0 Å². The van der Waals surface area contributed by atoms with Crippen molar-refractivity contribution in [2.45, 2.75) is 62.1 Å². The summed E-state index contributed by atoms with van der Waals surface area (Å²) in [5, 5.41) is 1.70. The van der Waals surface area contributed by atoms with Crippen LogP contribution in [0.15, 0.2) is 36.4 Å². The third-order valence-electron chi connectivity index (χ3n) is 5.36. The van der Waals surface area contributed by atoms with E-state index in [9.17, 15) is 21.6 Å². The van der Waals surface area contributed by atoms with Gasteiger partial charge in [0, 0.05) is 17.4 Å². The Hall–Kier alpha value is -1.45. The van der Waals surface area contributed by atoms with Crippen LogP contribution in [0.25, 0.3) is 10.8 Å². The average molecular weight is 463 g/mol.